The zero-order valence-electron chi connectivity index (χ0n) is 10.9. The van der Waals surface area contributed by atoms with E-state index in [2.05, 4.69) is 12.2 Å². The van der Waals surface area contributed by atoms with Crippen LogP contribution in [0.5, 0.6) is 0 Å². The lowest BCUT2D eigenvalue weighted by Gasteiger charge is -2.38. The van der Waals surface area contributed by atoms with Gasteiger partial charge in [0.2, 0.25) is 0 Å². The highest BCUT2D eigenvalue weighted by Gasteiger charge is 2.33. The Balaban J connectivity index is 1.99. The normalized spacial score (nSPS) is 17.0. The number of nitrogens with one attached hydrogen (secondary N) is 1. The van der Waals surface area contributed by atoms with Crippen LogP contribution in [0.4, 0.5) is 0 Å². The van der Waals surface area contributed by atoms with Crippen LogP contribution in [-0.4, -0.2) is 32.8 Å². The third-order valence-electron chi connectivity index (χ3n) is 3.14. The van der Waals surface area contributed by atoms with Gasteiger partial charge in [-0.1, -0.05) is 25.1 Å². The maximum atomic E-state index is 12.1. The molecule has 1 aromatic carbocycles. The molecule has 1 aliphatic rings. The lowest BCUT2D eigenvalue weighted by Crippen LogP contribution is -2.48. The molecule has 18 heavy (non-hydrogen) atoms. The molecule has 1 aromatic rings. The summed E-state index contributed by atoms with van der Waals surface area (Å²) in [5, 5.41) is 2.97. The first-order chi connectivity index (χ1) is 8.64. The van der Waals surface area contributed by atoms with Crippen molar-refractivity contribution in [2.45, 2.75) is 13.5 Å². The Bertz CT molecular complexity index is 427. The van der Waals surface area contributed by atoms with Crippen LogP contribution in [-0.2, 0) is 16.1 Å². The molecule has 0 spiro atoms. The summed E-state index contributed by atoms with van der Waals surface area (Å²) in [5.41, 5.74) is 1.68. The van der Waals surface area contributed by atoms with Gasteiger partial charge in [0.25, 0.3) is 5.91 Å². The fourth-order valence-corrected chi connectivity index (χ4v) is 1.96. The number of methoxy groups -OCH3 is 1. The van der Waals surface area contributed by atoms with Gasteiger partial charge < -0.3 is 14.8 Å². The first-order valence-electron chi connectivity index (χ1n) is 6.07. The first kappa shape index (κ1) is 13.1. The molecular weight excluding hydrogens is 230 g/mol. The van der Waals surface area contributed by atoms with Gasteiger partial charge in [-0.25, -0.2) is 0 Å². The van der Waals surface area contributed by atoms with Gasteiger partial charge in [0.1, 0.15) is 0 Å². The fourth-order valence-electron chi connectivity index (χ4n) is 1.96. The van der Waals surface area contributed by atoms with Crippen LogP contribution in [0.15, 0.2) is 24.3 Å². The molecule has 98 valence electrons. The van der Waals surface area contributed by atoms with E-state index in [9.17, 15) is 4.79 Å². The standard InChI is InChI=1S/C14H19NO3/c1-14(9-18-10-14)8-15-13(16)12-6-4-3-5-11(12)7-17-2/h3-6H,7-10H2,1-2H3,(H,15,16). The van der Waals surface area contributed by atoms with Gasteiger partial charge in [0.05, 0.1) is 19.8 Å². The quantitative estimate of drug-likeness (QED) is 0.862. The molecule has 1 fully saturated rings. The van der Waals surface area contributed by atoms with Gasteiger partial charge in [0, 0.05) is 24.6 Å². The summed E-state index contributed by atoms with van der Waals surface area (Å²) in [4.78, 5) is 12.1. The second-order valence-electron chi connectivity index (χ2n) is 5.08. The number of carbonyl (C=O) groups is 1. The van der Waals surface area contributed by atoms with Gasteiger partial charge in [-0.3, -0.25) is 4.79 Å². The molecule has 2 rings (SSSR count). The van der Waals surface area contributed by atoms with Crippen molar-refractivity contribution in [3.63, 3.8) is 0 Å². The second-order valence-corrected chi connectivity index (χ2v) is 5.08. The van der Waals surface area contributed by atoms with E-state index in [0.29, 0.717) is 31.9 Å². The number of carbonyl (C=O) groups excluding carboxylic acids is 1. The number of rotatable bonds is 5. The topological polar surface area (TPSA) is 47.6 Å². The molecule has 0 unspecified atom stereocenters. The van der Waals surface area contributed by atoms with Crippen molar-refractivity contribution in [2.24, 2.45) is 5.41 Å². The maximum Gasteiger partial charge on any atom is 0.251 e. The number of benzene rings is 1. The molecule has 0 radical (unpaired) electrons. The van der Waals surface area contributed by atoms with Crippen molar-refractivity contribution in [3.05, 3.63) is 35.4 Å². The van der Waals surface area contributed by atoms with E-state index in [4.69, 9.17) is 9.47 Å². The minimum atomic E-state index is -0.0456. The zero-order valence-corrected chi connectivity index (χ0v) is 10.9. The Kier molecular flexibility index (Phi) is 3.99. The van der Waals surface area contributed by atoms with Crippen LogP contribution in [0.1, 0.15) is 22.8 Å². The minimum absolute atomic E-state index is 0.0456. The average Bonchev–Trinajstić information content (AvgIpc) is 2.35. The molecule has 0 aromatic heterocycles. The van der Waals surface area contributed by atoms with Crippen molar-refractivity contribution in [2.75, 3.05) is 26.9 Å². The van der Waals surface area contributed by atoms with E-state index >= 15 is 0 Å². The molecule has 0 atom stereocenters. The smallest absolute Gasteiger partial charge is 0.251 e. The van der Waals surface area contributed by atoms with Crippen LogP contribution in [0.25, 0.3) is 0 Å². The Hall–Kier alpha value is -1.39. The van der Waals surface area contributed by atoms with Crippen molar-refractivity contribution >= 4 is 5.91 Å². The SMILES string of the molecule is COCc1ccccc1C(=O)NCC1(C)COC1. The molecule has 0 saturated carbocycles. The highest BCUT2D eigenvalue weighted by molar-refractivity contribution is 5.95. The summed E-state index contributed by atoms with van der Waals surface area (Å²) in [5.74, 6) is -0.0456. The number of ether oxygens (including phenoxy) is 2. The van der Waals surface area contributed by atoms with Crippen LogP contribution in [0.3, 0.4) is 0 Å². The van der Waals surface area contributed by atoms with E-state index in [0.717, 1.165) is 5.56 Å². The maximum absolute atomic E-state index is 12.1. The highest BCUT2D eigenvalue weighted by Crippen LogP contribution is 2.25. The van der Waals surface area contributed by atoms with E-state index in [1.807, 2.05) is 24.3 Å². The van der Waals surface area contributed by atoms with Crippen LogP contribution in [0, 0.1) is 5.41 Å². The van der Waals surface area contributed by atoms with Crippen molar-refractivity contribution in [1.82, 2.24) is 5.32 Å². The predicted molar refractivity (Wildman–Crippen MR) is 68.4 cm³/mol. The molecule has 1 N–H and O–H groups in total. The highest BCUT2D eigenvalue weighted by atomic mass is 16.5. The van der Waals surface area contributed by atoms with Gasteiger partial charge >= 0.3 is 0 Å². The number of hydrogen-bond donors (Lipinski definition) is 1. The molecule has 1 amide bonds. The molecule has 4 heteroatoms. The summed E-state index contributed by atoms with van der Waals surface area (Å²) in [6.07, 6.45) is 0. The Morgan fingerprint density at radius 2 is 2.17 bits per heavy atom. The van der Waals surface area contributed by atoms with Crippen LogP contribution >= 0.6 is 0 Å². The van der Waals surface area contributed by atoms with Crippen molar-refractivity contribution < 1.29 is 14.3 Å². The van der Waals surface area contributed by atoms with Crippen LogP contribution < -0.4 is 5.32 Å². The lowest BCUT2D eigenvalue weighted by atomic mass is 9.88. The Labute approximate surface area is 107 Å². The van der Waals surface area contributed by atoms with Gasteiger partial charge in [0.15, 0.2) is 0 Å². The summed E-state index contributed by atoms with van der Waals surface area (Å²) >= 11 is 0. The first-order valence-corrected chi connectivity index (χ1v) is 6.07. The summed E-state index contributed by atoms with van der Waals surface area (Å²) in [6, 6.07) is 7.50. The number of hydrogen-bond acceptors (Lipinski definition) is 3. The molecule has 4 nitrogen and oxygen atoms in total. The third-order valence-corrected chi connectivity index (χ3v) is 3.14. The Morgan fingerprint density at radius 3 is 2.78 bits per heavy atom. The summed E-state index contributed by atoms with van der Waals surface area (Å²) in [6.45, 7) is 4.63. The van der Waals surface area contributed by atoms with Crippen molar-refractivity contribution in [3.8, 4) is 0 Å². The van der Waals surface area contributed by atoms with Crippen molar-refractivity contribution in [1.29, 1.82) is 0 Å². The number of amides is 1. The lowest BCUT2D eigenvalue weighted by molar-refractivity contribution is -0.0978. The van der Waals surface area contributed by atoms with Gasteiger partial charge in [-0.2, -0.15) is 0 Å². The third kappa shape index (κ3) is 2.89. The van der Waals surface area contributed by atoms with Crippen LogP contribution in [0.2, 0.25) is 0 Å². The zero-order chi connectivity index (χ0) is 13.0. The van der Waals surface area contributed by atoms with E-state index in [-0.39, 0.29) is 11.3 Å². The monoisotopic (exact) mass is 249 g/mol. The fraction of sp³-hybridized carbons (Fsp3) is 0.500. The van der Waals surface area contributed by atoms with E-state index in [1.54, 1.807) is 7.11 Å². The summed E-state index contributed by atoms with van der Waals surface area (Å²) in [7, 11) is 1.63. The largest absolute Gasteiger partial charge is 0.380 e. The molecule has 0 aliphatic carbocycles. The molecule has 1 heterocycles. The minimum Gasteiger partial charge on any atom is -0.380 e. The Morgan fingerprint density at radius 1 is 1.44 bits per heavy atom. The molecule has 1 saturated heterocycles. The molecular formula is C14H19NO3. The van der Waals surface area contributed by atoms with E-state index < -0.39 is 0 Å². The summed E-state index contributed by atoms with van der Waals surface area (Å²) < 4.78 is 10.3. The molecule has 1 aliphatic heterocycles. The average molecular weight is 249 g/mol. The predicted octanol–water partition coefficient (Wildman–Crippen LogP) is 1.60. The van der Waals surface area contributed by atoms with Gasteiger partial charge in [-0.05, 0) is 11.6 Å². The molecule has 0 bridgehead atoms. The second kappa shape index (κ2) is 5.50. The van der Waals surface area contributed by atoms with E-state index in [1.165, 1.54) is 0 Å². The van der Waals surface area contributed by atoms with Gasteiger partial charge in [-0.15, -0.1) is 0 Å².